The van der Waals surface area contributed by atoms with Gasteiger partial charge in [-0.15, -0.1) is 0 Å². The van der Waals surface area contributed by atoms with Gasteiger partial charge < -0.3 is 19.9 Å². The van der Waals surface area contributed by atoms with Gasteiger partial charge in [0.1, 0.15) is 24.8 Å². The van der Waals surface area contributed by atoms with Crippen LogP contribution in [0.5, 0.6) is 0 Å². The second-order valence-corrected chi connectivity index (χ2v) is 3.69. The monoisotopic (exact) mass is 257 g/mol. The molecule has 1 aromatic rings. The van der Waals surface area contributed by atoms with Crippen molar-refractivity contribution < 1.29 is 23.4 Å². The standard InChI is InChI=1S/C12H16FNO4/c1-8(18-12(14)15)11(17-7-16-2)9-3-5-10(13)6-4-9/h3-6,8,11H,7H2,1-2H3,(H2,14,15)/t8-,11+/m0/s1. The van der Waals surface area contributed by atoms with Crippen molar-refractivity contribution in [1.82, 2.24) is 0 Å². The van der Waals surface area contributed by atoms with Gasteiger partial charge in [-0.25, -0.2) is 9.18 Å². The smallest absolute Gasteiger partial charge is 0.404 e. The normalized spacial score (nSPS) is 13.9. The molecule has 0 radical (unpaired) electrons. The Balaban J connectivity index is 2.82. The number of ether oxygens (including phenoxy) is 3. The summed E-state index contributed by atoms with van der Waals surface area (Å²) in [5.74, 6) is -0.354. The average Bonchev–Trinajstić information content (AvgIpc) is 2.31. The van der Waals surface area contributed by atoms with Crippen LogP contribution >= 0.6 is 0 Å². The summed E-state index contributed by atoms with van der Waals surface area (Å²) in [5, 5.41) is 0. The third-order valence-corrected chi connectivity index (χ3v) is 2.29. The van der Waals surface area contributed by atoms with Gasteiger partial charge in [0.05, 0.1) is 0 Å². The Bertz CT molecular complexity index is 382. The van der Waals surface area contributed by atoms with E-state index in [1.807, 2.05) is 0 Å². The Kier molecular flexibility index (Phi) is 5.54. The number of hydrogen-bond donors (Lipinski definition) is 1. The van der Waals surface area contributed by atoms with Crippen LogP contribution in [0.4, 0.5) is 9.18 Å². The number of carbonyl (C=O) groups is 1. The Labute approximate surface area is 105 Å². The first-order chi connectivity index (χ1) is 8.54. The first-order valence-electron chi connectivity index (χ1n) is 5.36. The predicted molar refractivity (Wildman–Crippen MR) is 62.2 cm³/mol. The van der Waals surface area contributed by atoms with E-state index in [1.54, 1.807) is 19.1 Å². The van der Waals surface area contributed by atoms with E-state index >= 15 is 0 Å². The molecular formula is C12H16FNO4. The van der Waals surface area contributed by atoms with Crippen LogP contribution in [-0.4, -0.2) is 26.1 Å². The lowest BCUT2D eigenvalue weighted by Crippen LogP contribution is -2.28. The third kappa shape index (κ3) is 4.31. The van der Waals surface area contributed by atoms with Crippen LogP contribution in [0.25, 0.3) is 0 Å². The van der Waals surface area contributed by atoms with Crippen LogP contribution in [0.1, 0.15) is 18.6 Å². The lowest BCUT2D eigenvalue weighted by Gasteiger charge is -2.23. The first-order valence-corrected chi connectivity index (χ1v) is 5.36. The van der Waals surface area contributed by atoms with Crippen molar-refractivity contribution in [3.05, 3.63) is 35.6 Å². The maximum Gasteiger partial charge on any atom is 0.404 e. The molecule has 0 aliphatic heterocycles. The summed E-state index contributed by atoms with van der Waals surface area (Å²) in [6.07, 6.45) is -2.07. The molecule has 0 heterocycles. The van der Waals surface area contributed by atoms with Crippen molar-refractivity contribution in [3.8, 4) is 0 Å². The number of hydrogen-bond acceptors (Lipinski definition) is 4. The SMILES string of the molecule is COCO[C@@H](c1ccc(F)cc1)[C@H](C)OC(N)=O. The highest BCUT2D eigenvalue weighted by atomic mass is 19.1. The molecule has 2 N–H and O–H groups in total. The van der Waals surface area contributed by atoms with Crippen LogP contribution < -0.4 is 5.73 Å². The Morgan fingerprint density at radius 2 is 2.00 bits per heavy atom. The highest BCUT2D eigenvalue weighted by Crippen LogP contribution is 2.23. The minimum Gasteiger partial charge on any atom is -0.444 e. The lowest BCUT2D eigenvalue weighted by molar-refractivity contribution is -0.111. The average molecular weight is 257 g/mol. The molecule has 1 rings (SSSR count). The summed E-state index contributed by atoms with van der Waals surface area (Å²) in [6, 6.07) is 5.71. The van der Waals surface area contributed by atoms with Crippen LogP contribution in [0.3, 0.4) is 0 Å². The fraction of sp³-hybridized carbons (Fsp3) is 0.417. The highest BCUT2D eigenvalue weighted by molar-refractivity contribution is 5.64. The van der Waals surface area contributed by atoms with Gasteiger partial charge in [0.15, 0.2) is 0 Å². The second kappa shape index (κ2) is 6.93. The highest BCUT2D eigenvalue weighted by Gasteiger charge is 2.23. The minimum atomic E-state index is -0.893. The van der Waals surface area contributed by atoms with Crippen LogP contribution in [-0.2, 0) is 14.2 Å². The van der Waals surface area contributed by atoms with Crippen molar-refractivity contribution in [2.75, 3.05) is 13.9 Å². The van der Waals surface area contributed by atoms with Gasteiger partial charge >= 0.3 is 6.09 Å². The van der Waals surface area contributed by atoms with E-state index in [-0.39, 0.29) is 12.6 Å². The zero-order chi connectivity index (χ0) is 13.5. The fourth-order valence-electron chi connectivity index (χ4n) is 1.54. The summed E-state index contributed by atoms with van der Waals surface area (Å²) in [7, 11) is 1.47. The molecule has 0 aliphatic carbocycles. The van der Waals surface area contributed by atoms with E-state index in [2.05, 4.69) is 0 Å². The van der Waals surface area contributed by atoms with E-state index < -0.39 is 18.3 Å². The number of benzene rings is 1. The predicted octanol–water partition coefficient (Wildman–Crippen LogP) is 1.97. The number of methoxy groups -OCH3 is 1. The maximum absolute atomic E-state index is 12.8. The quantitative estimate of drug-likeness (QED) is 0.791. The third-order valence-electron chi connectivity index (χ3n) is 2.29. The van der Waals surface area contributed by atoms with E-state index in [1.165, 1.54) is 19.2 Å². The molecule has 5 nitrogen and oxygen atoms in total. The van der Waals surface area contributed by atoms with Crippen molar-refractivity contribution in [2.24, 2.45) is 5.73 Å². The largest absolute Gasteiger partial charge is 0.444 e. The molecule has 0 saturated heterocycles. The lowest BCUT2D eigenvalue weighted by atomic mass is 10.1. The molecule has 6 heteroatoms. The summed E-state index contributed by atoms with van der Waals surface area (Å²) in [6.45, 7) is 1.66. The Hall–Kier alpha value is -1.66. The summed E-state index contributed by atoms with van der Waals surface area (Å²) in [5.41, 5.74) is 5.62. The second-order valence-electron chi connectivity index (χ2n) is 3.69. The molecule has 0 aliphatic rings. The number of rotatable bonds is 6. The fourth-order valence-corrected chi connectivity index (χ4v) is 1.54. The summed E-state index contributed by atoms with van der Waals surface area (Å²) < 4.78 is 27.9. The van der Waals surface area contributed by atoms with E-state index in [4.69, 9.17) is 19.9 Å². The van der Waals surface area contributed by atoms with Crippen LogP contribution in [0, 0.1) is 5.82 Å². The zero-order valence-electron chi connectivity index (χ0n) is 10.3. The summed E-state index contributed by atoms with van der Waals surface area (Å²) in [4.78, 5) is 10.7. The topological polar surface area (TPSA) is 70.8 Å². The van der Waals surface area contributed by atoms with E-state index in [9.17, 15) is 9.18 Å². The molecule has 18 heavy (non-hydrogen) atoms. The van der Waals surface area contributed by atoms with Gasteiger partial charge in [0.2, 0.25) is 0 Å². The number of carbonyl (C=O) groups excluding carboxylic acids is 1. The molecule has 0 fully saturated rings. The number of halogens is 1. The molecule has 1 amide bonds. The minimum absolute atomic E-state index is 0.0223. The number of amides is 1. The molecule has 0 unspecified atom stereocenters. The Morgan fingerprint density at radius 3 is 2.50 bits per heavy atom. The molecule has 0 aromatic heterocycles. The zero-order valence-corrected chi connectivity index (χ0v) is 10.3. The Morgan fingerprint density at radius 1 is 1.39 bits per heavy atom. The van der Waals surface area contributed by atoms with E-state index in [0.29, 0.717) is 5.56 Å². The van der Waals surface area contributed by atoms with Gasteiger partial charge in [0.25, 0.3) is 0 Å². The summed E-state index contributed by atoms with van der Waals surface area (Å²) >= 11 is 0. The van der Waals surface area contributed by atoms with E-state index in [0.717, 1.165) is 0 Å². The molecule has 2 atom stereocenters. The van der Waals surface area contributed by atoms with Gasteiger partial charge in [-0.2, -0.15) is 0 Å². The van der Waals surface area contributed by atoms with Gasteiger partial charge in [-0.3, -0.25) is 0 Å². The molecule has 1 aromatic carbocycles. The number of nitrogens with two attached hydrogens (primary N) is 1. The number of primary amides is 1. The van der Waals surface area contributed by atoms with Crippen molar-refractivity contribution >= 4 is 6.09 Å². The molecule has 0 saturated carbocycles. The first kappa shape index (κ1) is 14.4. The molecular weight excluding hydrogens is 241 g/mol. The van der Waals surface area contributed by atoms with Gasteiger partial charge in [-0.1, -0.05) is 12.1 Å². The molecule has 0 spiro atoms. The maximum atomic E-state index is 12.8. The van der Waals surface area contributed by atoms with Crippen LogP contribution in [0.2, 0.25) is 0 Å². The van der Waals surface area contributed by atoms with Crippen molar-refractivity contribution in [1.29, 1.82) is 0 Å². The van der Waals surface area contributed by atoms with Crippen LogP contribution in [0.15, 0.2) is 24.3 Å². The molecule has 100 valence electrons. The molecule has 0 bridgehead atoms. The van der Waals surface area contributed by atoms with Crippen molar-refractivity contribution in [3.63, 3.8) is 0 Å². The van der Waals surface area contributed by atoms with Crippen molar-refractivity contribution in [2.45, 2.75) is 19.1 Å². The van der Waals surface area contributed by atoms with Gasteiger partial charge in [-0.05, 0) is 24.6 Å². The van der Waals surface area contributed by atoms with Gasteiger partial charge in [0, 0.05) is 7.11 Å².